The fourth-order valence-corrected chi connectivity index (χ4v) is 1.23. The molecule has 0 unspecified atom stereocenters. The summed E-state index contributed by atoms with van der Waals surface area (Å²) in [6, 6.07) is -0.503. The van der Waals surface area contributed by atoms with Gasteiger partial charge in [0.25, 0.3) is 0 Å². The summed E-state index contributed by atoms with van der Waals surface area (Å²) >= 11 is 0. The lowest BCUT2D eigenvalue weighted by Gasteiger charge is -2.11. The maximum absolute atomic E-state index is 9.16. The highest BCUT2D eigenvalue weighted by Crippen LogP contribution is 2.12. The number of aliphatic hydroxyl groups excluding tert-OH is 3. The van der Waals surface area contributed by atoms with Gasteiger partial charge in [-0.15, -0.1) is 0 Å². The van der Waals surface area contributed by atoms with Gasteiger partial charge >= 0.3 is 0 Å². The van der Waals surface area contributed by atoms with Crippen LogP contribution < -0.4 is 5.32 Å². The Kier molecular flexibility index (Phi) is 2.25. The van der Waals surface area contributed by atoms with Gasteiger partial charge in [0.05, 0.1) is 24.9 Å². The van der Waals surface area contributed by atoms with E-state index < -0.39 is 12.2 Å². The van der Waals surface area contributed by atoms with Crippen LogP contribution in [0.3, 0.4) is 0 Å². The molecule has 10 heavy (non-hydrogen) atoms. The Morgan fingerprint density at radius 1 is 1.30 bits per heavy atom. The smallest absolute Gasteiger partial charge is 0.0989 e. The molecule has 0 saturated carbocycles. The van der Waals surface area contributed by atoms with Gasteiger partial charge in [-0.2, -0.15) is 0 Å². The van der Waals surface area contributed by atoms with Crippen molar-refractivity contribution in [3.05, 3.63) is 0 Å². The molecule has 0 bridgehead atoms. The summed E-state index contributed by atoms with van der Waals surface area (Å²) in [4.78, 5) is 0. The van der Waals surface area contributed by atoms with E-state index in [2.05, 4.69) is 5.32 Å². The minimum Gasteiger partial charge on any atom is -0.395 e. The SMILES string of the molecule is C[C@@H]1N[C@@H](CO)[C@H](O)[C@H]1O. The third-order valence-electron chi connectivity index (χ3n) is 1.95. The van der Waals surface area contributed by atoms with Crippen molar-refractivity contribution in [1.82, 2.24) is 5.32 Å². The molecule has 1 aliphatic rings. The van der Waals surface area contributed by atoms with E-state index in [9.17, 15) is 0 Å². The molecular formula is C6H13NO3. The zero-order valence-electron chi connectivity index (χ0n) is 5.86. The predicted molar refractivity (Wildman–Crippen MR) is 35.5 cm³/mol. The van der Waals surface area contributed by atoms with Crippen molar-refractivity contribution in [2.45, 2.75) is 31.2 Å². The highest BCUT2D eigenvalue weighted by atomic mass is 16.3. The van der Waals surface area contributed by atoms with Crippen LogP contribution in [0.25, 0.3) is 0 Å². The van der Waals surface area contributed by atoms with E-state index in [0.717, 1.165) is 0 Å². The largest absolute Gasteiger partial charge is 0.395 e. The van der Waals surface area contributed by atoms with Crippen molar-refractivity contribution in [2.75, 3.05) is 6.61 Å². The highest BCUT2D eigenvalue weighted by Gasteiger charge is 2.37. The lowest BCUT2D eigenvalue weighted by Crippen LogP contribution is -2.36. The maximum atomic E-state index is 9.16. The van der Waals surface area contributed by atoms with E-state index >= 15 is 0 Å². The van der Waals surface area contributed by atoms with E-state index in [4.69, 9.17) is 15.3 Å². The van der Waals surface area contributed by atoms with Crippen LogP contribution in [0.5, 0.6) is 0 Å². The lowest BCUT2D eigenvalue weighted by atomic mass is 10.1. The zero-order chi connectivity index (χ0) is 7.72. The first-order valence-corrected chi connectivity index (χ1v) is 3.40. The Morgan fingerprint density at radius 3 is 2.10 bits per heavy atom. The van der Waals surface area contributed by atoms with E-state index in [1.807, 2.05) is 0 Å². The minimum atomic E-state index is -0.833. The average molecular weight is 147 g/mol. The van der Waals surface area contributed by atoms with E-state index in [0.29, 0.717) is 0 Å². The van der Waals surface area contributed by atoms with Gasteiger partial charge in [-0.05, 0) is 6.92 Å². The third kappa shape index (κ3) is 1.15. The zero-order valence-corrected chi connectivity index (χ0v) is 5.86. The average Bonchev–Trinajstić information content (AvgIpc) is 2.17. The molecule has 1 fully saturated rings. The number of hydrogen-bond acceptors (Lipinski definition) is 4. The fraction of sp³-hybridized carbons (Fsp3) is 1.00. The standard InChI is InChI=1S/C6H13NO3/c1-3-5(9)6(10)4(2-8)7-3/h3-10H,2H2,1H3/t3-,4-,5-,6-/m0/s1. The van der Waals surface area contributed by atoms with Crippen LogP contribution in [0.4, 0.5) is 0 Å². The molecule has 4 nitrogen and oxygen atoms in total. The van der Waals surface area contributed by atoms with Crippen LogP contribution in [-0.2, 0) is 0 Å². The summed E-state index contributed by atoms with van der Waals surface area (Å²) in [6.07, 6.45) is -1.59. The monoisotopic (exact) mass is 147 g/mol. The maximum Gasteiger partial charge on any atom is 0.0989 e. The van der Waals surface area contributed by atoms with E-state index in [1.54, 1.807) is 6.92 Å². The first-order chi connectivity index (χ1) is 4.66. The molecule has 1 rings (SSSR count). The molecule has 0 aromatic carbocycles. The van der Waals surface area contributed by atoms with Crippen molar-refractivity contribution in [3.63, 3.8) is 0 Å². The molecule has 0 spiro atoms. The summed E-state index contributed by atoms with van der Waals surface area (Å²) in [5, 5.41) is 29.8. The van der Waals surface area contributed by atoms with Crippen LogP contribution in [0.1, 0.15) is 6.92 Å². The Labute approximate surface area is 59.5 Å². The number of aliphatic hydroxyl groups is 3. The molecule has 0 amide bonds. The van der Waals surface area contributed by atoms with Gasteiger partial charge in [-0.3, -0.25) is 0 Å². The molecule has 0 radical (unpaired) electrons. The normalized spacial score (nSPS) is 48.0. The molecule has 0 aromatic heterocycles. The molecule has 0 aliphatic carbocycles. The molecule has 1 saturated heterocycles. The van der Waals surface area contributed by atoms with Gasteiger partial charge in [0, 0.05) is 6.04 Å². The molecule has 4 N–H and O–H groups in total. The van der Waals surface area contributed by atoms with Crippen molar-refractivity contribution >= 4 is 0 Å². The van der Waals surface area contributed by atoms with Crippen molar-refractivity contribution in [1.29, 1.82) is 0 Å². The Balaban J connectivity index is 2.53. The second kappa shape index (κ2) is 2.84. The molecule has 60 valence electrons. The Morgan fingerprint density at radius 2 is 1.90 bits per heavy atom. The van der Waals surface area contributed by atoms with Gasteiger partial charge in [-0.25, -0.2) is 0 Å². The fourth-order valence-electron chi connectivity index (χ4n) is 1.23. The summed E-state index contributed by atoms with van der Waals surface area (Å²) in [5.74, 6) is 0. The second-order valence-corrected chi connectivity index (χ2v) is 2.73. The predicted octanol–water partition coefficient (Wildman–Crippen LogP) is -1.94. The number of nitrogens with one attached hydrogen (secondary N) is 1. The van der Waals surface area contributed by atoms with Gasteiger partial charge in [0.15, 0.2) is 0 Å². The van der Waals surface area contributed by atoms with Gasteiger partial charge in [-0.1, -0.05) is 0 Å². The van der Waals surface area contributed by atoms with Gasteiger partial charge in [0.2, 0.25) is 0 Å². The Bertz CT molecular complexity index is 120. The summed E-state index contributed by atoms with van der Waals surface area (Å²) < 4.78 is 0. The van der Waals surface area contributed by atoms with Crippen LogP contribution >= 0.6 is 0 Å². The quantitative estimate of drug-likeness (QED) is 0.348. The van der Waals surface area contributed by atoms with E-state index in [1.165, 1.54) is 0 Å². The number of rotatable bonds is 1. The molecular weight excluding hydrogens is 134 g/mol. The van der Waals surface area contributed by atoms with Crippen molar-refractivity contribution in [3.8, 4) is 0 Å². The van der Waals surface area contributed by atoms with Crippen molar-refractivity contribution in [2.24, 2.45) is 0 Å². The highest BCUT2D eigenvalue weighted by molar-refractivity contribution is 4.95. The molecule has 4 atom stereocenters. The van der Waals surface area contributed by atoms with Gasteiger partial charge < -0.3 is 20.6 Å². The first kappa shape index (κ1) is 7.94. The number of hydrogen-bond donors (Lipinski definition) is 4. The summed E-state index contributed by atoms with van der Waals surface area (Å²) in [6.45, 7) is 1.63. The van der Waals surface area contributed by atoms with Gasteiger partial charge in [0.1, 0.15) is 0 Å². The molecule has 4 heteroatoms. The van der Waals surface area contributed by atoms with Crippen LogP contribution in [0.2, 0.25) is 0 Å². The lowest BCUT2D eigenvalue weighted by molar-refractivity contribution is 0.0214. The van der Waals surface area contributed by atoms with Crippen LogP contribution in [0, 0.1) is 0 Å². The van der Waals surface area contributed by atoms with Crippen molar-refractivity contribution < 1.29 is 15.3 Å². The second-order valence-electron chi connectivity index (χ2n) is 2.73. The van der Waals surface area contributed by atoms with Crippen LogP contribution in [0.15, 0.2) is 0 Å². The molecule has 0 aromatic rings. The topological polar surface area (TPSA) is 72.7 Å². The molecule has 1 heterocycles. The first-order valence-electron chi connectivity index (χ1n) is 3.40. The Hall–Kier alpha value is -0.160. The van der Waals surface area contributed by atoms with Crippen LogP contribution in [-0.4, -0.2) is 46.2 Å². The molecule has 1 aliphatic heterocycles. The minimum absolute atomic E-state index is 0.132. The summed E-state index contributed by atoms with van der Waals surface area (Å²) in [7, 11) is 0. The third-order valence-corrected chi connectivity index (χ3v) is 1.95. The van der Waals surface area contributed by atoms with E-state index in [-0.39, 0.29) is 18.7 Å². The summed E-state index contributed by atoms with van der Waals surface area (Å²) in [5.41, 5.74) is 0.